The zero-order valence-corrected chi connectivity index (χ0v) is 17.8. The largest absolute Gasteiger partial charge is 0.382 e. The van der Waals surface area contributed by atoms with Crippen molar-refractivity contribution in [1.82, 2.24) is 4.90 Å². The van der Waals surface area contributed by atoms with Crippen LogP contribution < -0.4 is 9.50 Å². The van der Waals surface area contributed by atoms with Crippen LogP contribution in [-0.4, -0.2) is 31.1 Å². The summed E-state index contributed by atoms with van der Waals surface area (Å²) in [5.41, 5.74) is 3.73. The van der Waals surface area contributed by atoms with Gasteiger partial charge < -0.3 is 14.4 Å². The van der Waals surface area contributed by atoms with E-state index in [4.69, 9.17) is 4.18 Å². The molecule has 2 aromatic rings. The van der Waals surface area contributed by atoms with Gasteiger partial charge in [-0.3, -0.25) is 0 Å². The molecule has 0 unspecified atom stereocenters. The average molecular weight is 405 g/mol. The number of anilines is 1. The summed E-state index contributed by atoms with van der Waals surface area (Å²) in [7, 11) is -3.55. The van der Waals surface area contributed by atoms with Crippen molar-refractivity contribution >= 4 is 21.8 Å². The first-order valence-electron chi connectivity index (χ1n) is 9.28. The van der Waals surface area contributed by atoms with Crippen LogP contribution >= 0.6 is 0 Å². The molecule has 6 nitrogen and oxygen atoms in total. The minimum absolute atomic E-state index is 0.0132. The highest BCUT2D eigenvalue weighted by atomic mass is 32.2. The topological polar surface area (TPSA) is 75.7 Å². The van der Waals surface area contributed by atoms with E-state index in [0.717, 1.165) is 22.4 Å². The molecule has 0 atom stereocenters. The zero-order chi connectivity index (χ0) is 20.9. The second-order valence-electron chi connectivity index (χ2n) is 6.99. The van der Waals surface area contributed by atoms with Crippen molar-refractivity contribution in [3.05, 3.63) is 59.2 Å². The van der Waals surface area contributed by atoms with Crippen molar-refractivity contribution in [2.75, 3.05) is 11.1 Å². The average Bonchev–Trinajstić information content (AvgIpc) is 2.63. The lowest BCUT2D eigenvalue weighted by Crippen LogP contribution is -2.39. The molecule has 0 spiro atoms. The Morgan fingerprint density at radius 2 is 1.64 bits per heavy atom. The number of urea groups is 1. The number of para-hydroxylation sites is 1. The number of rotatable bonds is 7. The summed E-state index contributed by atoms with van der Waals surface area (Å²) < 4.78 is 28.1. The van der Waals surface area contributed by atoms with E-state index in [0.29, 0.717) is 6.54 Å². The summed E-state index contributed by atoms with van der Waals surface area (Å²) >= 11 is 0. The maximum absolute atomic E-state index is 12.9. The third-order valence-corrected chi connectivity index (χ3v) is 5.60. The van der Waals surface area contributed by atoms with Gasteiger partial charge in [-0.05, 0) is 63.4 Å². The van der Waals surface area contributed by atoms with E-state index < -0.39 is 10.1 Å². The van der Waals surface area contributed by atoms with Gasteiger partial charge in [0.2, 0.25) is 0 Å². The molecule has 0 saturated carbocycles. The van der Waals surface area contributed by atoms with Crippen molar-refractivity contribution in [1.29, 1.82) is 0 Å². The Morgan fingerprint density at radius 3 is 2.14 bits per heavy atom. The molecule has 0 bridgehead atoms. The minimum atomic E-state index is -3.55. The molecule has 0 heterocycles. The molecule has 0 radical (unpaired) electrons. The maximum atomic E-state index is 12.9. The molecular formula is C21H28N2O4S. The Balaban J connectivity index is 2.13. The predicted molar refractivity (Wildman–Crippen MR) is 112 cm³/mol. The van der Waals surface area contributed by atoms with Gasteiger partial charge >= 0.3 is 16.1 Å². The van der Waals surface area contributed by atoms with Crippen LogP contribution in [0.2, 0.25) is 0 Å². The van der Waals surface area contributed by atoms with E-state index in [-0.39, 0.29) is 23.6 Å². The van der Waals surface area contributed by atoms with E-state index >= 15 is 0 Å². The Hall–Kier alpha value is -2.54. The molecule has 0 aliphatic rings. The van der Waals surface area contributed by atoms with Crippen molar-refractivity contribution in [3.8, 4) is 5.75 Å². The second kappa shape index (κ2) is 9.10. The smallest absolute Gasteiger partial charge is 0.322 e. The first-order valence-corrected chi connectivity index (χ1v) is 10.9. The number of hydrogen-bond acceptors (Lipinski definition) is 4. The van der Waals surface area contributed by atoms with Gasteiger partial charge in [-0.25, -0.2) is 4.79 Å². The van der Waals surface area contributed by atoms with Gasteiger partial charge in [0.1, 0.15) is 5.75 Å². The summed E-state index contributed by atoms with van der Waals surface area (Å²) in [6.07, 6.45) is 0. The lowest BCUT2D eigenvalue weighted by atomic mass is 10.1. The normalized spacial score (nSPS) is 11.4. The quantitative estimate of drug-likeness (QED) is 0.691. The van der Waals surface area contributed by atoms with Crippen LogP contribution in [0.1, 0.15) is 37.5 Å². The van der Waals surface area contributed by atoms with Crippen LogP contribution in [-0.2, 0) is 16.7 Å². The van der Waals surface area contributed by atoms with Gasteiger partial charge in [-0.15, -0.1) is 0 Å². The molecule has 7 heteroatoms. The Kier molecular flexibility index (Phi) is 7.07. The van der Waals surface area contributed by atoms with E-state index in [1.807, 2.05) is 45.9 Å². The lowest BCUT2D eigenvalue weighted by Gasteiger charge is -2.28. The predicted octanol–water partition coefficient (Wildman–Crippen LogP) is 4.47. The van der Waals surface area contributed by atoms with Crippen molar-refractivity contribution in [2.24, 2.45) is 0 Å². The van der Waals surface area contributed by atoms with Gasteiger partial charge in [-0.2, -0.15) is 8.42 Å². The van der Waals surface area contributed by atoms with Crippen molar-refractivity contribution < 1.29 is 17.4 Å². The third-order valence-electron chi connectivity index (χ3n) is 4.45. The molecule has 0 aliphatic carbocycles. The third kappa shape index (κ3) is 5.73. The molecule has 0 aromatic heterocycles. The van der Waals surface area contributed by atoms with E-state index in [2.05, 4.69) is 5.32 Å². The zero-order valence-electron chi connectivity index (χ0n) is 17.0. The molecule has 0 saturated heterocycles. The number of amides is 2. The fraction of sp³-hybridized carbons (Fsp3) is 0.381. The Morgan fingerprint density at radius 1 is 1.07 bits per heavy atom. The van der Waals surface area contributed by atoms with Gasteiger partial charge in [-0.1, -0.05) is 30.3 Å². The molecule has 0 aliphatic heterocycles. The molecule has 152 valence electrons. The van der Waals surface area contributed by atoms with E-state index in [9.17, 15) is 13.2 Å². The molecule has 0 fully saturated rings. The van der Waals surface area contributed by atoms with Crippen molar-refractivity contribution in [2.45, 2.75) is 47.2 Å². The molecule has 2 amide bonds. The number of hydrogen-bond donors (Lipinski definition) is 1. The number of benzene rings is 2. The van der Waals surface area contributed by atoms with Crippen LogP contribution in [0.5, 0.6) is 5.75 Å². The number of carbonyl (C=O) groups excluding carboxylic acids is 1. The molecule has 1 N–H and O–H groups in total. The summed E-state index contributed by atoms with van der Waals surface area (Å²) in [4.78, 5) is 14.6. The maximum Gasteiger partial charge on any atom is 0.322 e. The van der Waals surface area contributed by atoms with E-state index in [1.165, 1.54) is 6.92 Å². The second-order valence-corrected chi connectivity index (χ2v) is 8.85. The standard InChI is InChI=1S/C21H28N2O4S/c1-6-28(25,26)27-19-12-10-18(11-13-19)14-23(15(2)3)21(24)22-20-16(4)8-7-9-17(20)5/h7-13,15H,6,14H2,1-5H3,(H,22,24). The van der Waals surface area contributed by atoms with Crippen molar-refractivity contribution in [3.63, 3.8) is 0 Å². The highest BCUT2D eigenvalue weighted by Gasteiger charge is 2.19. The van der Waals surface area contributed by atoms with Gasteiger partial charge in [0.05, 0.1) is 5.75 Å². The van der Waals surface area contributed by atoms with Gasteiger partial charge in [0.15, 0.2) is 0 Å². The van der Waals surface area contributed by atoms with E-state index in [1.54, 1.807) is 29.2 Å². The van der Waals surface area contributed by atoms with Crippen LogP contribution in [0.3, 0.4) is 0 Å². The Bertz CT molecular complexity index is 902. The fourth-order valence-electron chi connectivity index (χ4n) is 2.73. The van der Waals surface area contributed by atoms with Crippen LogP contribution in [0, 0.1) is 13.8 Å². The summed E-state index contributed by atoms with van der Waals surface area (Å²) in [6, 6.07) is 12.4. The number of nitrogens with zero attached hydrogens (tertiary/aromatic N) is 1. The summed E-state index contributed by atoms with van der Waals surface area (Å²) in [6.45, 7) is 9.76. The molecule has 28 heavy (non-hydrogen) atoms. The number of aryl methyl sites for hydroxylation is 2. The summed E-state index contributed by atoms with van der Waals surface area (Å²) in [5, 5.41) is 3.01. The highest BCUT2D eigenvalue weighted by Crippen LogP contribution is 2.21. The molecular weight excluding hydrogens is 376 g/mol. The lowest BCUT2D eigenvalue weighted by molar-refractivity contribution is 0.193. The SMILES string of the molecule is CCS(=O)(=O)Oc1ccc(CN(C(=O)Nc2c(C)cccc2C)C(C)C)cc1. The first kappa shape index (κ1) is 21.8. The highest BCUT2D eigenvalue weighted by molar-refractivity contribution is 7.87. The first-order chi connectivity index (χ1) is 13.1. The molecule has 2 aromatic carbocycles. The number of nitrogens with one attached hydrogen (secondary N) is 1. The van der Waals surface area contributed by atoms with Gasteiger partial charge in [0, 0.05) is 18.3 Å². The fourth-order valence-corrected chi connectivity index (χ4v) is 3.25. The van der Waals surface area contributed by atoms with Crippen LogP contribution in [0.15, 0.2) is 42.5 Å². The van der Waals surface area contributed by atoms with Gasteiger partial charge in [0.25, 0.3) is 0 Å². The summed E-state index contributed by atoms with van der Waals surface area (Å²) in [5.74, 6) is 0.177. The van der Waals surface area contributed by atoms with Crippen LogP contribution in [0.25, 0.3) is 0 Å². The Labute approximate surface area is 167 Å². The number of carbonyl (C=O) groups is 1. The van der Waals surface area contributed by atoms with Crippen LogP contribution in [0.4, 0.5) is 10.5 Å². The minimum Gasteiger partial charge on any atom is -0.382 e. The molecule has 2 rings (SSSR count). The monoisotopic (exact) mass is 404 g/mol.